The van der Waals surface area contributed by atoms with E-state index in [0.29, 0.717) is 5.56 Å². The van der Waals surface area contributed by atoms with Crippen LogP contribution >= 0.6 is 0 Å². The first kappa shape index (κ1) is 16.6. The summed E-state index contributed by atoms with van der Waals surface area (Å²) in [5.41, 5.74) is 6.36. The second kappa shape index (κ2) is 6.79. The third kappa shape index (κ3) is 4.53. The van der Waals surface area contributed by atoms with E-state index >= 15 is 0 Å². The van der Waals surface area contributed by atoms with E-state index in [2.05, 4.69) is 14.6 Å². The SMILES string of the molecule is CCOC(=O)NS(=O)(=O)Nc1cccc(C)c1/C(N)=N/O. The summed E-state index contributed by atoms with van der Waals surface area (Å²) in [4.78, 5) is 11.1. The number of hydrogen-bond donors (Lipinski definition) is 4. The molecule has 0 heterocycles. The third-order valence-electron chi connectivity index (χ3n) is 2.37. The Balaban J connectivity index is 3.08. The van der Waals surface area contributed by atoms with Gasteiger partial charge in [0.1, 0.15) is 0 Å². The fourth-order valence-corrected chi connectivity index (χ4v) is 2.37. The summed E-state index contributed by atoms with van der Waals surface area (Å²) < 4.78 is 31.9. The molecule has 0 saturated carbocycles. The fraction of sp³-hybridized carbons (Fsp3) is 0.273. The van der Waals surface area contributed by atoms with Crippen LogP contribution in [-0.4, -0.2) is 32.2 Å². The number of carbonyl (C=O) groups is 1. The van der Waals surface area contributed by atoms with Crippen molar-refractivity contribution in [2.45, 2.75) is 13.8 Å². The number of rotatable bonds is 5. The Morgan fingerprint density at radius 2 is 2.14 bits per heavy atom. The summed E-state index contributed by atoms with van der Waals surface area (Å²) in [6, 6.07) is 4.64. The molecule has 5 N–H and O–H groups in total. The molecule has 0 saturated heterocycles. The van der Waals surface area contributed by atoms with E-state index in [4.69, 9.17) is 10.9 Å². The van der Waals surface area contributed by atoms with Crippen molar-refractivity contribution in [2.24, 2.45) is 10.9 Å². The largest absolute Gasteiger partial charge is 0.449 e. The lowest BCUT2D eigenvalue weighted by Gasteiger charge is -2.14. The summed E-state index contributed by atoms with van der Waals surface area (Å²) in [5.74, 6) is -0.262. The van der Waals surface area contributed by atoms with Crippen molar-refractivity contribution < 1.29 is 23.2 Å². The molecular weight excluding hydrogens is 300 g/mol. The molecular formula is C11H16N4O5S. The first-order valence-corrected chi connectivity index (χ1v) is 7.34. The number of oxime groups is 1. The summed E-state index contributed by atoms with van der Waals surface area (Å²) in [7, 11) is -4.20. The van der Waals surface area contributed by atoms with Crippen molar-refractivity contribution in [3.63, 3.8) is 0 Å². The maximum atomic E-state index is 11.8. The number of carbonyl (C=O) groups excluding carboxylic acids is 1. The van der Waals surface area contributed by atoms with Gasteiger partial charge in [-0.05, 0) is 25.5 Å². The molecule has 0 aliphatic rings. The second-order valence-electron chi connectivity index (χ2n) is 3.91. The normalized spacial score (nSPS) is 11.8. The van der Waals surface area contributed by atoms with Crippen LogP contribution in [0.4, 0.5) is 10.5 Å². The number of nitrogens with two attached hydrogens (primary N) is 1. The molecule has 116 valence electrons. The van der Waals surface area contributed by atoms with Crippen LogP contribution < -0.4 is 15.2 Å². The standard InChI is InChI=1S/C11H16N4O5S/c1-3-20-11(16)15-21(18,19)14-8-6-4-5-7(2)9(8)10(12)13-17/h4-6,14,17H,3H2,1-2H3,(H2,12,13)(H,15,16). The van der Waals surface area contributed by atoms with Gasteiger partial charge >= 0.3 is 16.3 Å². The lowest BCUT2D eigenvalue weighted by atomic mass is 10.1. The van der Waals surface area contributed by atoms with E-state index in [0.717, 1.165) is 0 Å². The van der Waals surface area contributed by atoms with Gasteiger partial charge in [0.2, 0.25) is 0 Å². The predicted molar refractivity (Wildman–Crippen MR) is 76.4 cm³/mol. The van der Waals surface area contributed by atoms with Gasteiger partial charge < -0.3 is 15.7 Å². The van der Waals surface area contributed by atoms with Crippen molar-refractivity contribution >= 4 is 27.8 Å². The van der Waals surface area contributed by atoms with Crippen molar-refractivity contribution in [1.29, 1.82) is 0 Å². The summed E-state index contributed by atoms with van der Waals surface area (Å²) in [6.07, 6.45) is -1.11. The van der Waals surface area contributed by atoms with Gasteiger partial charge in [-0.15, -0.1) is 0 Å². The van der Waals surface area contributed by atoms with Crippen LogP contribution in [0.1, 0.15) is 18.1 Å². The molecule has 0 radical (unpaired) electrons. The van der Waals surface area contributed by atoms with Gasteiger partial charge in [-0.3, -0.25) is 4.72 Å². The second-order valence-corrected chi connectivity index (χ2v) is 5.33. The molecule has 1 aromatic carbocycles. The van der Waals surface area contributed by atoms with Crippen LogP contribution in [0, 0.1) is 6.92 Å². The highest BCUT2D eigenvalue weighted by Gasteiger charge is 2.19. The van der Waals surface area contributed by atoms with E-state index in [1.54, 1.807) is 23.8 Å². The summed E-state index contributed by atoms with van der Waals surface area (Å²) in [6.45, 7) is 3.22. The number of anilines is 1. The van der Waals surface area contributed by atoms with Crippen LogP contribution in [0.2, 0.25) is 0 Å². The number of aryl methyl sites for hydroxylation is 1. The quantitative estimate of drug-likeness (QED) is 0.269. The zero-order valence-corrected chi connectivity index (χ0v) is 12.3. The molecule has 0 aliphatic carbocycles. The first-order chi connectivity index (χ1) is 9.80. The number of hydrogen-bond acceptors (Lipinski definition) is 6. The van der Waals surface area contributed by atoms with Gasteiger partial charge in [0.25, 0.3) is 0 Å². The van der Waals surface area contributed by atoms with Crippen molar-refractivity contribution in [2.75, 3.05) is 11.3 Å². The molecule has 0 aromatic heterocycles. The minimum absolute atomic E-state index is 0.0289. The van der Waals surface area contributed by atoms with Gasteiger partial charge in [-0.1, -0.05) is 17.3 Å². The number of amidine groups is 1. The zero-order chi connectivity index (χ0) is 16.0. The lowest BCUT2D eigenvalue weighted by molar-refractivity contribution is 0.159. The maximum Gasteiger partial charge on any atom is 0.422 e. The minimum Gasteiger partial charge on any atom is -0.449 e. The number of benzene rings is 1. The monoisotopic (exact) mass is 316 g/mol. The Morgan fingerprint density at radius 1 is 1.48 bits per heavy atom. The van der Waals surface area contributed by atoms with Gasteiger partial charge in [0.05, 0.1) is 12.3 Å². The Kier molecular flexibility index (Phi) is 5.36. The minimum atomic E-state index is -4.20. The van der Waals surface area contributed by atoms with Gasteiger partial charge in [-0.25, -0.2) is 9.52 Å². The molecule has 1 amide bonds. The molecule has 9 nitrogen and oxygen atoms in total. The van der Waals surface area contributed by atoms with Crippen molar-refractivity contribution in [3.8, 4) is 0 Å². The fourth-order valence-electron chi connectivity index (χ4n) is 1.58. The van der Waals surface area contributed by atoms with Gasteiger partial charge in [0, 0.05) is 5.56 Å². The Hall–Kier alpha value is -2.49. The third-order valence-corrected chi connectivity index (χ3v) is 3.30. The maximum absolute atomic E-state index is 11.8. The topological polar surface area (TPSA) is 143 Å². The molecule has 1 rings (SSSR count). The van der Waals surface area contributed by atoms with Crippen molar-refractivity contribution in [1.82, 2.24) is 4.72 Å². The smallest absolute Gasteiger partial charge is 0.422 e. The molecule has 1 aromatic rings. The molecule has 0 aliphatic heterocycles. The average molecular weight is 316 g/mol. The van der Waals surface area contributed by atoms with Crippen LogP contribution in [0.15, 0.2) is 23.4 Å². The predicted octanol–water partition coefficient (Wildman–Crippen LogP) is 0.492. The summed E-state index contributed by atoms with van der Waals surface area (Å²) in [5, 5.41) is 11.6. The molecule has 21 heavy (non-hydrogen) atoms. The average Bonchev–Trinajstić information content (AvgIpc) is 2.37. The first-order valence-electron chi connectivity index (χ1n) is 5.85. The zero-order valence-electron chi connectivity index (χ0n) is 11.5. The number of ether oxygens (including phenoxy) is 1. The van der Waals surface area contributed by atoms with Crippen LogP contribution in [0.3, 0.4) is 0 Å². The molecule has 0 unspecified atom stereocenters. The van der Waals surface area contributed by atoms with E-state index < -0.39 is 16.3 Å². The van der Waals surface area contributed by atoms with Crippen LogP contribution in [0.25, 0.3) is 0 Å². The van der Waals surface area contributed by atoms with E-state index in [1.807, 2.05) is 0 Å². The number of nitrogens with zero attached hydrogens (tertiary/aromatic N) is 1. The molecule has 0 atom stereocenters. The highest BCUT2D eigenvalue weighted by atomic mass is 32.2. The molecule has 0 spiro atoms. The molecule has 0 bridgehead atoms. The highest BCUT2D eigenvalue weighted by molar-refractivity contribution is 7.91. The Morgan fingerprint density at radius 3 is 2.71 bits per heavy atom. The van der Waals surface area contributed by atoms with Gasteiger partial charge in [0.15, 0.2) is 5.84 Å². The number of amides is 1. The Bertz CT molecular complexity index is 657. The van der Waals surface area contributed by atoms with Crippen LogP contribution in [-0.2, 0) is 14.9 Å². The number of nitrogens with one attached hydrogen (secondary N) is 2. The highest BCUT2D eigenvalue weighted by Crippen LogP contribution is 2.20. The van der Waals surface area contributed by atoms with Gasteiger partial charge in [-0.2, -0.15) is 8.42 Å². The molecule has 10 heteroatoms. The molecule has 0 fully saturated rings. The van der Waals surface area contributed by atoms with E-state index in [9.17, 15) is 13.2 Å². The van der Waals surface area contributed by atoms with Crippen molar-refractivity contribution in [3.05, 3.63) is 29.3 Å². The van der Waals surface area contributed by atoms with Crippen LogP contribution in [0.5, 0.6) is 0 Å². The van der Waals surface area contributed by atoms with E-state index in [1.165, 1.54) is 13.0 Å². The summed E-state index contributed by atoms with van der Waals surface area (Å²) >= 11 is 0. The lowest BCUT2D eigenvalue weighted by Crippen LogP contribution is -2.36. The Labute approximate surface area is 122 Å². The van der Waals surface area contributed by atoms with E-state index in [-0.39, 0.29) is 23.7 Å².